The Morgan fingerprint density at radius 1 is 1.11 bits per heavy atom. The molecule has 1 aliphatic heterocycles. The second kappa shape index (κ2) is 6.41. The predicted molar refractivity (Wildman–Crippen MR) is 108 cm³/mol. The highest BCUT2D eigenvalue weighted by Crippen LogP contribution is 2.31. The van der Waals surface area contributed by atoms with Gasteiger partial charge in [-0.3, -0.25) is 4.79 Å². The average Bonchev–Trinajstić information content (AvgIpc) is 3.36. The summed E-state index contributed by atoms with van der Waals surface area (Å²) in [5, 5.41) is 3.22. The summed E-state index contributed by atoms with van der Waals surface area (Å²) in [5.74, 6) is 1.51. The lowest BCUT2D eigenvalue weighted by Crippen LogP contribution is -2.37. The molecule has 2 heterocycles. The smallest absolute Gasteiger partial charge is 0.223 e. The van der Waals surface area contributed by atoms with Crippen molar-refractivity contribution in [1.29, 1.82) is 0 Å². The zero-order valence-corrected chi connectivity index (χ0v) is 15.6. The summed E-state index contributed by atoms with van der Waals surface area (Å²) in [6.45, 7) is 1.85. The Balaban J connectivity index is 1.37. The zero-order valence-electron chi connectivity index (χ0n) is 15.6. The van der Waals surface area contributed by atoms with Crippen molar-refractivity contribution < 1.29 is 4.79 Å². The van der Waals surface area contributed by atoms with Crippen molar-refractivity contribution in [3.63, 3.8) is 0 Å². The summed E-state index contributed by atoms with van der Waals surface area (Å²) >= 11 is 0. The first kappa shape index (κ1) is 16.4. The number of benzene rings is 2. The van der Waals surface area contributed by atoms with Gasteiger partial charge in [-0.05, 0) is 43.5 Å². The lowest BCUT2D eigenvalue weighted by molar-refractivity contribution is -0.122. The van der Waals surface area contributed by atoms with Crippen molar-refractivity contribution in [3.8, 4) is 11.4 Å². The maximum absolute atomic E-state index is 12.0. The predicted octanol–water partition coefficient (Wildman–Crippen LogP) is 3.35. The van der Waals surface area contributed by atoms with Crippen molar-refractivity contribution in [2.45, 2.75) is 25.3 Å². The van der Waals surface area contributed by atoms with Gasteiger partial charge in [0.05, 0.1) is 11.0 Å². The molecule has 0 unspecified atom stereocenters. The van der Waals surface area contributed by atoms with E-state index in [9.17, 15) is 4.79 Å². The summed E-state index contributed by atoms with van der Waals surface area (Å²) in [4.78, 5) is 19.2. The standard InChI is InChI=1S/C22H24N4O/c1-25-20-8-3-2-7-19(20)24-21(25)16-5-4-6-18(13-16)26-12-11-17(14-26)23-22(27)15-9-10-15/h2-8,13,15,17H,9-12,14H2,1H3,(H,23,27)/t17-/m0/s1. The Labute approximate surface area is 159 Å². The molecule has 1 saturated heterocycles. The van der Waals surface area contributed by atoms with Crippen LogP contribution in [0.4, 0.5) is 5.69 Å². The molecule has 0 bridgehead atoms. The molecule has 27 heavy (non-hydrogen) atoms. The van der Waals surface area contributed by atoms with E-state index in [0.29, 0.717) is 0 Å². The molecule has 3 aromatic rings. The minimum absolute atomic E-state index is 0.246. The number of para-hydroxylation sites is 2. The number of nitrogens with zero attached hydrogens (tertiary/aromatic N) is 3. The first-order chi connectivity index (χ1) is 13.2. The number of nitrogens with one attached hydrogen (secondary N) is 1. The second-order valence-electron chi connectivity index (χ2n) is 7.75. The van der Waals surface area contributed by atoms with E-state index in [2.05, 4.69) is 58.2 Å². The third kappa shape index (κ3) is 3.07. The van der Waals surface area contributed by atoms with Crippen LogP contribution in [0.15, 0.2) is 48.5 Å². The van der Waals surface area contributed by atoms with Crippen LogP contribution in [0.5, 0.6) is 0 Å². The molecule has 0 radical (unpaired) electrons. The Hall–Kier alpha value is -2.82. The molecule has 2 aromatic carbocycles. The molecule has 1 saturated carbocycles. The molecule has 1 amide bonds. The average molecular weight is 360 g/mol. The molecule has 1 aliphatic carbocycles. The molecule has 1 aromatic heterocycles. The van der Waals surface area contributed by atoms with Crippen molar-refractivity contribution in [2.24, 2.45) is 13.0 Å². The lowest BCUT2D eigenvalue weighted by Gasteiger charge is -2.20. The van der Waals surface area contributed by atoms with Crippen LogP contribution in [0.3, 0.4) is 0 Å². The van der Waals surface area contributed by atoms with E-state index in [-0.39, 0.29) is 17.9 Å². The van der Waals surface area contributed by atoms with Gasteiger partial charge in [-0.25, -0.2) is 4.98 Å². The van der Waals surface area contributed by atoms with E-state index in [1.54, 1.807) is 0 Å². The number of aromatic nitrogens is 2. The van der Waals surface area contributed by atoms with Crippen molar-refractivity contribution in [2.75, 3.05) is 18.0 Å². The number of fused-ring (bicyclic) bond motifs is 1. The van der Waals surface area contributed by atoms with Crippen LogP contribution in [0.25, 0.3) is 22.4 Å². The number of imidazole rings is 1. The number of hydrogen-bond donors (Lipinski definition) is 1. The summed E-state index contributed by atoms with van der Waals surface area (Å²) in [7, 11) is 2.07. The van der Waals surface area contributed by atoms with Crippen LogP contribution >= 0.6 is 0 Å². The molecule has 5 rings (SSSR count). The molecule has 138 valence electrons. The summed E-state index contributed by atoms with van der Waals surface area (Å²) in [6, 6.07) is 17.1. The van der Waals surface area contributed by atoms with E-state index in [0.717, 1.165) is 54.8 Å². The fourth-order valence-electron chi connectivity index (χ4n) is 4.02. The molecule has 2 fully saturated rings. The van der Waals surface area contributed by atoms with Crippen LogP contribution in [0.2, 0.25) is 0 Å². The summed E-state index contributed by atoms with van der Waals surface area (Å²) in [5.41, 5.74) is 4.48. The van der Waals surface area contributed by atoms with Crippen LogP contribution < -0.4 is 10.2 Å². The second-order valence-corrected chi connectivity index (χ2v) is 7.75. The van der Waals surface area contributed by atoms with E-state index < -0.39 is 0 Å². The van der Waals surface area contributed by atoms with Crippen LogP contribution in [0.1, 0.15) is 19.3 Å². The van der Waals surface area contributed by atoms with Gasteiger partial charge in [-0.1, -0.05) is 24.3 Å². The van der Waals surface area contributed by atoms with Gasteiger partial charge >= 0.3 is 0 Å². The molecule has 5 nitrogen and oxygen atoms in total. The summed E-state index contributed by atoms with van der Waals surface area (Å²) in [6.07, 6.45) is 3.12. The van der Waals surface area contributed by atoms with Crippen molar-refractivity contribution in [1.82, 2.24) is 14.9 Å². The normalized spacial score (nSPS) is 19.6. The molecule has 2 aliphatic rings. The SMILES string of the molecule is Cn1c(-c2cccc(N3CC[C@H](NC(=O)C4CC4)C3)c2)nc2ccccc21. The van der Waals surface area contributed by atoms with Gasteiger partial charge < -0.3 is 14.8 Å². The third-order valence-electron chi connectivity index (χ3n) is 5.74. The van der Waals surface area contributed by atoms with Crippen LogP contribution in [0, 0.1) is 5.92 Å². The molecule has 5 heteroatoms. The minimum Gasteiger partial charge on any atom is -0.369 e. The van der Waals surface area contributed by atoms with Gasteiger partial charge in [-0.15, -0.1) is 0 Å². The van der Waals surface area contributed by atoms with E-state index in [4.69, 9.17) is 4.98 Å². The van der Waals surface area contributed by atoms with Crippen molar-refractivity contribution >= 4 is 22.6 Å². The number of hydrogen-bond acceptors (Lipinski definition) is 3. The molecule has 1 N–H and O–H groups in total. The van der Waals surface area contributed by atoms with Gasteiger partial charge in [0.1, 0.15) is 5.82 Å². The highest BCUT2D eigenvalue weighted by Gasteiger charge is 2.32. The van der Waals surface area contributed by atoms with Gasteiger partial charge in [-0.2, -0.15) is 0 Å². The zero-order chi connectivity index (χ0) is 18.4. The number of amides is 1. The maximum atomic E-state index is 12.0. The Kier molecular flexibility index (Phi) is 3.88. The molecule has 1 atom stereocenters. The fraction of sp³-hybridized carbons (Fsp3) is 0.364. The molecular formula is C22H24N4O. The number of carbonyl (C=O) groups excluding carboxylic acids is 1. The monoisotopic (exact) mass is 360 g/mol. The van der Waals surface area contributed by atoms with Gasteiger partial charge in [0.25, 0.3) is 0 Å². The largest absolute Gasteiger partial charge is 0.369 e. The number of aryl methyl sites for hydroxylation is 1. The van der Waals surface area contributed by atoms with Gasteiger partial charge in [0.2, 0.25) is 5.91 Å². The number of anilines is 1. The summed E-state index contributed by atoms with van der Waals surface area (Å²) < 4.78 is 2.15. The minimum atomic E-state index is 0.246. The van der Waals surface area contributed by atoms with Crippen LogP contribution in [-0.4, -0.2) is 34.6 Å². The molecule has 0 spiro atoms. The molecular weight excluding hydrogens is 336 g/mol. The maximum Gasteiger partial charge on any atom is 0.223 e. The first-order valence-electron chi connectivity index (χ1n) is 9.76. The van der Waals surface area contributed by atoms with Crippen LogP contribution in [-0.2, 0) is 11.8 Å². The topological polar surface area (TPSA) is 50.2 Å². The fourth-order valence-corrected chi connectivity index (χ4v) is 4.02. The Bertz CT molecular complexity index is 1000. The van der Waals surface area contributed by atoms with E-state index >= 15 is 0 Å². The van der Waals surface area contributed by atoms with Gasteiger partial charge in [0.15, 0.2) is 0 Å². The van der Waals surface area contributed by atoms with Crippen molar-refractivity contribution in [3.05, 3.63) is 48.5 Å². The Morgan fingerprint density at radius 2 is 1.96 bits per heavy atom. The quantitative estimate of drug-likeness (QED) is 0.776. The van der Waals surface area contributed by atoms with E-state index in [1.165, 1.54) is 5.69 Å². The first-order valence-corrected chi connectivity index (χ1v) is 9.76. The Morgan fingerprint density at radius 3 is 2.78 bits per heavy atom. The highest BCUT2D eigenvalue weighted by atomic mass is 16.2. The number of carbonyl (C=O) groups is 1. The highest BCUT2D eigenvalue weighted by molar-refractivity contribution is 5.82. The van der Waals surface area contributed by atoms with E-state index in [1.807, 2.05) is 12.1 Å². The lowest BCUT2D eigenvalue weighted by atomic mass is 10.1. The third-order valence-corrected chi connectivity index (χ3v) is 5.74. The number of rotatable bonds is 4. The van der Waals surface area contributed by atoms with Gasteiger partial charge in [0, 0.05) is 43.3 Å².